The van der Waals surface area contributed by atoms with Gasteiger partial charge in [0.2, 0.25) is 0 Å². The second-order valence-electron chi connectivity index (χ2n) is 6.38. The Bertz CT molecular complexity index is 985. The molecule has 6 nitrogen and oxygen atoms in total. The lowest BCUT2D eigenvalue weighted by Gasteiger charge is -2.14. The second-order valence-corrected chi connectivity index (χ2v) is 6.38. The van der Waals surface area contributed by atoms with E-state index >= 15 is 0 Å². The van der Waals surface area contributed by atoms with Crippen LogP contribution in [0, 0.1) is 0 Å². The molecule has 0 heterocycles. The van der Waals surface area contributed by atoms with Gasteiger partial charge in [-0.2, -0.15) is 0 Å². The number of hydrogen-bond donors (Lipinski definition) is 1. The lowest BCUT2D eigenvalue weighted by atomic mass is 10.1. The molecule has 0 fully saturated rings. The molecule has 0 saturated heterocycles. The Balaban J connectivity index is 1.73. The molecule has 0 radical (unpaired) electrons. The second kappa shape index (κ2) is 10.2. The highest BCUT2D eigenvalue weighted by atomic mass is 16.5. The zero-order valence-electron chi connectivity index (χ0n) is 17.3. The molecule has 3 rings (SSSR count). The maximum atomic E-state index is 12.7. The van der Waals surface area contributed by atoms with Crippen LogP contribution in [0.2, 0.25) is 0 Å². The van der Waals surface area contributed by atoms with Gasteiger partial charge in [-0.25, -0.2) is 0 Å². The molecular weight excluding hydrogens is 382 g/mol. The maximum absolute atomic E-state index is 12.7. The Morgan fingerprint density at radius 2 is 1.53 bits per heavy atom. The van der Waals surface area contributed by atoms with Crippen LogP contribution in [0.3, 0.4) is 0 Å². The fraction of sp³-hybridized carbons (Fsp3) is 0.208. The molecule has 0 aliphatic carbocycles. The number of amides is 1. The van der Waals surface area contributed by atoms with Gasteiger partial charge in [0.1, 0.15) is 18.1 Å². The van der Waals surface area contributed by atoms with Crippen molar-refractivity contribution in [2.24, 2.45) is 0 Å². The summed E-state index contributed by atoms with van der Waals surface area (Å²) in [5.41, 5.74) is 1.94. The van der Waals surface area contributed by atoms with Crippen LogP contribution in [0.25, 0.3) is 0 Å². The van der Waals surface area contributed by atoms with E-state index in [-0.39, 0.29) is 12.5 Å². The Hall–Kier alpha value is -3.67. The first-order valence-electron chi connectivity index (χ1n) is 9.61. The van der Waals surface area contributed by atoms with Gasteiger partial charge >= 0.3 is 0 Å². The third kappa shape index (κ3) is 5.23. The highest BCUT2D eigenvalue weighted by molar-refractivity contribution is 6.04. The van der Waals surface area contributed by atoms with Crippen molar-refractivity contribution >= 4 is 11.6 Å². The van der Waals surface area contributed by atoms with Gasteiger partial charge in [0, 0.05) is 16.8 Å². The van der Waals surface area contributed by atoms with Crippen LogP contribution in [0.4, 0.5) is 5.69 Å². The summed E-state index contributed by atoms with van der Waals surface area (Å²) in [6, 6.07) is 19.9. The van der Waals surface area contributed by atoms with Gasteiger partial charge in [-0.3, -0.25) is 4.79 Å². The summed E-state index contributed by atoms with van der Waals surface area (Å²) >= 11 is 0. The zero-order chi connectivity index (χ0) is 21.3. The zero-order valence-corrected chi connectivity index (χ0v) is 17.3. The molecule has 0 bridgehead atoms. The topological polar surface area (TPSA) is 66.0 Å². The summed E-state index contributed by atoms with van der Waals surface area (Å²) in [4.78, 5) is 12.7. The largest absolute Gasteiger partial charge is 0.496 e. The van der Waals surface area contributed by atoms with Gasteiger partial charge in [-0.15, -0.1) is 0 Å². The molecule has 0 aliphatic rings. The van der Waals surface area contributed by atoms with Crippen LogP contribution in [-0.4, -0.2) is 26.7 Å². The average molecular weight is 407 g/mol. The normalized spacial score (nSPS) is 10.2. The van der Waals surface area contributed by atoms with E-state index < -0.39 is 0 Å². The van der Waals surface area contributed by atoms with Crippen molar-refractivity contribution in [2.75, 3.05) is 26.1 Å². The third-order valence-corrected chi connectivity index (χ3v) is 4.42. The van der Waals surface area contributed by atoms with Crippen LogP contribution >= 0.6 is 0 Å². The number of nitrogens with one attached hydrogen (secondary N) is 1. The first-order valence-corrected chi connectivity index (χ1v) is 9.61. The molecule has 1 amide bonds. The standard InChI is InChI=1S/C24H25NO5/c1-4-29-20-12-10-19(11-13-20)25-24(26)17-9-14-21(27-2)18(15-17)16-30-23-8-6-5-7-22(23)28-3/h5-15H,4,16H2,1-3H3,(H,25,26). The van der Waals surface area contributed by atoms with Gasteiger partial charge in [-0.05, 0) is 61.5 Å². The monoisotopic (exact) mass is 407 g/mol. The van der Waals surface area contributed by atoms with Crippen LogP contribution in [-0.2, 0) is 6.61 Å². The number of rotatable bonds is 9. The van der Waals surface area contributed by atoms with E-state index in [2.05, 4.69) is 5.32 Å². The number of benzene rings is 3. The van der Waals surface area contributed by atoms with E-state index in [0.29, 0.717) is 35.1 Å². The minimum atomic E-state index is -0.222. The number of methoxy groups -OCH3 is 2. The molecule has 0 spiro atoms. The number of anilines is 1. The lowest BCUT2D eigenvalue weighted by Crippen LogP contribution is -2.13. The first kappa shape index (κ1) is 21.0. The van der Waals surface area contributed by atoms with Gasteiger partial charge in [-0.1, -0.05) is 12.1 Å². The summed E-state index contributed by atoms with van der Waals surface area (Å²) in [6.45, 7) is 2.75. The van der Waals surface area contributed by atoms with Gasteiger partial charge in [0.05, 0.1) is 20.8 Å². The fourth-order valence-electron chi connectivity index (χ4n) is 2.93. The van der Waals surface area contributed by atoms with Gasteiger partial charge in [0.15, 0.2) is 11.5 Å². The molecule has 0 atom stereocenters. The average Bonchev–Trinajstić information content (AvgIpc) is 2.79. The fourth-order valence-corrected chi connectivity index (χ4v) is 2.93. The van der Waals surface area contributed by atoms with Gasteiger partial charge in [0.25, 0.3) is 5.91 Å². The van der Waals surface area contributed by atoms with Crippen molar-refractivity contribution in [1.82, 2.24) is 0 Å². The summed E-state index contributed by atoms with van der Waals surface area (Å²) < 4.78 is 22.1. The minimum absolute atomic E-state index is 0.222. The predicted octanol–water partition coefficient (Wildman–Crippen LogP) is 4.93. The van der Waals surface area contributed by atoms with Crippen molar-refractivity contribution < 1.29 is 23.7 Å². The number of carbonyl (C=O) groups excluding carboxylic acids is 1. The van der Waals surface area contributed by atoms with Crippen LogP contribution in [0.5, 0.6) is 23.0 Å². The summed E-state index contributed by atoms with van der Waals surface area (Å²) in [5.74, 6) is 2.44. The quantitative estimate of drug-likeness (QED) is 0.545. The van der Waals surface area contributed by atoms with E-state index in [1.165, 1.54) is 0 Å². The Kier molecular flexibility index (Phi) is 7.16. The summed E-state index contributed by atoms with van der Waals surface area (Å²) in [6.07, 6.45) is 0. The van der Waals surface area contributed by atoms with E-state index in [1.807, 2.05) is 43.3 Å². The Labute approximate surface area is 176 Å². The molecule has 0 unspecified atom stereocenters. The predicted molar refractivity (Wildman–Crippen MR) is 116 cm³/mol. The Morgan fingerprint density at radius 1 is 0.833 bits per heavy atom. The molecule has 3 aromatic rings. The summed E-state index contributed by atoms with van der Waals surface area (Å²) in [5, 5.41) is 2.89. The maximum Gasteiger partial charge on any atom is 0.255 e. The van der Waals surface area contributed by atoms with Crippen LogP contribution < -0.4 is 24.3 Å². The minimum Gasteiger partial charge on any atom is -0.496 e. The highest BCUT2D eigenvalue weighted by Crippen LogP contribution is 2.29. The SMILES string of the molecule is CCOc1ccc(NC(=O)c2ccc(OC)c(COc3ccccc3OC)c2)cc1. The molecule has 6 heteroatoms. The molecule has 30 heavy (non-hydrogen) atoms. The number of ether oxygens (including phenoxy) is 4. The van der Waals surface area contributed by atoms with Crippen molar-refractivity contribution in [3.8, 4) is 23.0 Å². The van der Waals surface area contributed by atoms with Crippen molar-refractivity contribution in [1.29, 1.82) is 0 Å². The highest BCUT2D eigenvalue weighted by Gasteiger charge is 2.12. The smallest absolute Gasteiger partial charge is 0.255 e. The molecule has 0 aromatic heterocycles. The third-order valence-electron chi connectivity index (χ3n) is 4.42. The van der Waals surface area contributed by atoms with Crippen molar-refractivity contribution in [3.05, 3.63) is 77.9 Å². The molecule has 0 saturated carbocycles. The van der Waals surface area contributed by atoms with E-state index in [9.17, 15) is 4.79 Å². The van der Waals surface area contributed by atoms with E-state index in [1.54, 1.807) is 44.6 Å². The van der Waals surface area contributed by atoms with E-state index in [4.69, 9.17) is 18.9 Å². The number of carbonyl (C=O) groups is 1. The van der Waals surface area contributed by atoms with Crippen LogP contribution in [0.15, 0.2) is 66.7 Å². The molecule has 156 valence electrons. The molecular formula is C24H25NO5. The number of hydrogen-bond acceptors (Lipinski definition) is 5. The van der Waals surface area contributed by atoms with Crippen molar-refractivity contribution in [3.63, 3.8) is 0 Å². The summed E-state index contributed by atoms with van der Waals surface area (Å²) in [7, 11) is 3.18. The molecule has 3 aromatic carbocycles. The Morgan fingerprint density at radius 3 is 2.20 bits per heavy atom. The van der Waals surface area contributed by atoms with Crippen LogP contribution in [0.1, 0.15) is 22.8 Å². The lowest BCUT2D eigenvalue weighted by molar-refractivity contribution is 0.102. The van der Waals surface area contributed by atoms with Gasteiger partial charge < -0.3 is 24.3 Å². The first-order chi connectivity index (χ1) is 14.6. The van der Waals surface area contributed by atoms with E-state index in [0.717, 1.165) is 11.3 Å². The van der Waals surface area contributed by atoms with Crippen molar-refractivity contribution in [2.45, 2.75) is 13.5 Å². The molecule has 0 aliphatic heterocycles. The molecule has 1 N–H and O–H groups in total. The number of para-hydroxylation sites is 2.